The number of rotatable bonds is 2. The van der Waals surface area contributed by atoms with E-state index >= 15 is 0 Å². The molecule has 0 saturated heterocycles. The van der Waals surface area contributed by atoms with E-state index in [4.69, 9.17) is 0 Å². The van der Waals surface area contributed by atoms with Crippen LogP contribution in [0, 0.1) is 12.7 Å². The molecule has 0 radical (unpaired) electrons. The highest BCUT2D eigenvalue weighted by Gasteiger charge is 2.22. The first-order valence-electron chi connectivity index (χ1n) is 8.98. The van der Waals surface area contributed by atoms with E-state index in [1.807, 2.05) is 30.3 Å². The van der Waals surface area contributed by atoms with Gasteiger partial charge in [0.25, 0.3) is 0 Å². The predicted molar refractivity (Wildman–Crippen MR) is 109 cm³/mol. The third kappa shape index (κ3) is 2.37. The first-order valence-corrected chi connectivity index (χ1v) is 8.98. The van der Waals surface area contributed by atoms with Crippen molar-refractivity contribution in [1.29, 1.82) is 0 Å². The fourth-order valence-corrected chi connectivity index (χ4v) is 3.83. The normalized spacial score (nSPS) is 11.5. The van der Waals surface area contributed by atoms with Gasteiger partial charge in [-0.1, -0.05) is 30.3 Å². The second kappa shape index (κ2) is 5.81. The van der Waals surface area contributed by atoms with Crippen LogP contribution in [0.1, 0.15) is 5.56 Å². The standard InChI is InChI=1S/C23H18FN3/c1-14-11-12-15(13-18(14)24)25-21-17-8-4-6-10-20(17)27(2)23-16-7-3-5-9-19(16)26-22(21)23/h3-13H,1-2H3,(H,25,26)/p+1. The highest BCUT2D eigenvalue weighted by atomic mass is 19.1. The van der Waals surface area contributed by atoms with Crippen molar-refractivity contribution in [1.82, 2.24) is 4.98 Å². The molecule has 2 N–H and O–H groups in total. The fourth-order valence-electron chi connectivity index (χ4n) is 3.83. The maximum atomic E-state index is 14.1. The molecule has 0 aliphatic carbocycles. The Balaban J connectivity index is 1.88. The molecule has 0 bridgehead atoms. The molecule has 3 nitrogen and oxygen atoms in total. The molecule has 2 heterocycles. The van der Waals surface area contributed by atoms with E-state index in [9.17, 15) is 4.39 Å². The number of para-hydroxylation sites is 2. The molecule has 0 fully saturated rings. The van der Waals surface area contributed by atoms with Gasteiger partial charge in [0.15, 0.2) is 0 Å². The number of aromatic amines is 1. The largest absolute Gasteiger partial charge is 0.353 e. The Morgan fingerprint density at radius 2 is 1.67 bits per heavy atom. The molecule has 0 unspecified atom stereocenters. The molecular weight excluding hydrogens is 337 g/mol. The number of pyridine rings is 1. The molecule has 5 rings (SSSR count). The van der Waals surface area contributed by atoms with Crippen molar-refractivity contribution >= 4 is 44.2 Å². The molecule has 0 amide bonds. The van der Waals surface area contributed by atoms with Crippen molar-refractivity contribution < 1.29 is 8.96 Å². The minimum atomic E-state index is -0.210. The number of benzene rings is 3. The summed E-state index contributed by atoms with van der Waals surface area (Å²) in [4.78, 5) is 3.55. The minimum Gasteiger partial charge on any atom is -0.353 e. The van der Waals surface area contributed by atoms with Crippen molar-refractivity contribution in [2.75, 3.05) is 5.32 Å². The third-order valence-electron chi connectivity index (χ3n) is 5.24. The molecular formula is C23H19FN3+. The number of H-pyrrole nitrogens is 1. The summed E-state index contributed by atoms with van der Waals surface area (Å²) in [5.41, 5.74) is 6.66. The van der Waals surface area contributed by atoms with E-state index in [1.54, 1.807) is 19.1 Å². The summed E-state index contributed by atoms with van der Waals surface area (Å²) in [6.45, 7) is 1.77. The van der Waals surface area contributed by atoms with Crippen LogP contribution in [0.15, 0.2) is 66.7 Å². The second-order valence-corrected chi connectivity index (χ2v) is 6.93. The van der Waals surface area contributed by atoms with Crippen LogP contribution in [0.25, 0.3) is 32.8 Å². The van der Waals surface area contributed by atoms with Gasteiger partial charge >= 0.3 is 0 Å². The van der Waals surface area contributed by atoms with Crippen LogP contribution < -0.4 is 9.88 Å². The van der Waals surface area contributed by atoms with E-state index in [2.05, 4.69) is 46.2 Å². The van der Waals surface area contributed by atoms with Crippen molar-refractivity contribution in [2.24, 2.45) is 7.05 Å². The summed E-state index contributed by atoms with van der Waals surface area (Å²) in [6.07, 6.45) is 0. The second-order valence-electron chi connectivity index (χ2n) is 6.93. The Kier molecular flexibility index (Phi) is 3.41. The van der Waals surface area contributed by atoms with Crippen LogP contribution in [0.2, 0.25) is 0 Å². The number of hydrogen-bond acceptors (Lipinski definition) is 1. The summed E-state index contributed by atoms with van der Waals surface area (Å²) in [7, 11) is 2.08. The minimum absolute atomic E-state index is 0.210. The van der Waals surface area contributed by atoms with Crippen molar-refractivity contribution in [3.8, 4) is 0 Å². The molecule has 0 atom stereocenters. The van der Waals surface area contributed by atoms with E-state index in [1.165, 1.54) is 5.39 Å². The summed E-state index contributed by atoms with van der Waals surface area (Å²) in [5.74, 6) is -0.210. The van der Waals surface area contributed by atoms with Crippen molar-refractivity contribution in [2.45, 2.75) is 6.92 Å². The number of halogens is 1. The zero-order valence-electron chi connectivity index (χ0n) is 15.2. The molecule has 4 heteroatoms. The first-order chi connectivity index (χ1) is 13.1. The number of nitrogens with zero attached hydrogens (tertiary/aromatic N) is 1. The zero-order valence-corrected chi connectivity index (χ0v) is 15.2. The highest BCUT2D eigenvalue weighted by Crippen LogP contribution is 2.35. The van der Waals surface area contributed by atoms with Gasteiger partial charge in [-0.15, -0.1) is 0 Å². The van der Waals surface area contributed by atoms with Crippen molar-refractivity contribution in [3.05, 3.63) is 78.1 Å². The van der Waals surface area contributed by atoms with E-state index in [0.29, 0.717) is 5.56 Å². The summed E-state index contributed by atoms with van der Waals surface area (Å²) in [5, 5.41) is 5.71. The first kappa shape index (κ1) is 15.8. The van der Waals surface area contributed by atoms with Gasteiger partial charge in [-0.2, -0.15) is 4.57 Å². The van der Waals surface area contributed by atoms with Crippen LogP contribution in [0.3, 0.4) is 0 Å². The average molecular weight is 356 g/mol. The Morgan fingerprint density at radius 1 is 0.926 bits per heavy atom. The number of fused-ring (bicyclic) bond motifs is 4. The van der Waals surface area contributed by atoms with Crippen LogP contribution >= 0.6 is 0 Å². The number of aryl methyl sites for hydroxylation is 2. The highest BCUT2D eigenvalue weighted by molar-refractivity contribution is 6.13. The van der Waals surface area contributed by atoms with Crippen LogP contribution in [0.5, 0.6) is 0 Å². The maximum absolute atomic E-state index is 14.1. The van der Waals surface area contributed by atoms with Crippen molar-refractivity contribution in [3.63, 3.8) is 0 Å². The van der Waals surface area contributed by atoms with Crippen LogP contribution in [-0.4, -0.2) is 4.98 Å². The average Bonchev–Trinajstić information content (AvgIpc) is 3.07. The lowest BCUT2D eigenvalue weighted by Crippen LogP contribution is -2.30. The van der Waals surface area contributed by atoms with Gasteiger partial charge in [0.05, 0.1) is 22.0 Å². The summed E-state index contributed by atoms with van der Waals surface area (Å²) >= 11 is 0. The Labute approximate surface area is 156 Å². The van der Waals surface area contributed by atoms with Crippen LogP contribution in [-0.2, 0) is 7.05 Å². The lowest BCUT2D eigenvalue weighted by molar-refractivity contribution is -0.616. The van der Waals surface area contributed by atoms with E-state index in [-0.39, 0.29) is 5.82 Å². The van der Waals surface area contributed by atoms with Gasteiger partial charge in [0.1, 0.15) is 18.4 Å². The van der Waals surface area contributed by atoms with Gasteiger partial charge < -0.3 is 10.3 Å². The van der Waals surface area contributed by atoms with Gasteiger partial charge in [-0.3, -0.25) is 0 Å². The summed E-state index contributed by atoms with van der Waals surface area (Å²) in [6, 6.07) is 21.8. The number of aromatic nitrogens is 2. The molecule has 0 saturated carbocycles. The topological polar surface area (TPSA) is 31.7 Å². The van der Waals surface area contributed by atoms with E-state index in [0.717, 1.165) is 38.8 Å². The molecule has 0 spiro atoms. The Morgan fingerprint density at radius 3 is 2.48 bits per heavy atom. The van der Waals surface area contributed by atoms with Gasteiger partial charge in [-0.05, 0) is 42.8 Å². The Bertz CT molecular complexity index is 1330. The number of nitrogens with one attached hydrogen (secondary N) is 2. The third-order valence-corrected chi connectivity index (χ3v) is 5.24. The maximum Gasteiger partial charge on any atom is 0.240 e. The predicted octanol–water partition coefficient (Wildman–Crippen LogP) is 5.49. The molecule has 132 valence electrons. The van der Waals surface area contributed by atoms with Gasteiger partial charge in [0, 0.05) is 11.8 Å². The number of hydrogen-bond donors (Lipinski definition) is 2. The molecule has 5 aromatic rings. The van der Waals surface area contributed by atoms with Crippen LogP contribution in [0.4, 0.5) is 15.8 Å². The SMILES string of the molecule is Cc1ccc(Nc2c3ccccc3[n+](C)c3c2[nH]c2ccccc23)cc1F. The lowest BCUT2D eigenvalue weighted by Gasteiger charge is -2.11. The molecule has 0 aliphatic heterocycles. The molecule has 0 aliphatic rings. The Hall–Kier alpha value is -3.40. The smallest absolute Gasteiger partial charge is 0.240 e. The lowest BCUT2D eigenvalue weighted by atomic mass is 10.1. The molecule has 3 aromatic carbocycles. The van der Waals surface area contributed by atoms with E-state index < -0.39 is 0 Å². The molecule has 27 heavy (non-hydrogen) atoms. The summed E-state index contributed by atoms with van der Waals surface area (Å²) < 4.78 is 16.3. The van der Waals surface area contributed by atoms with Gasteiger partial charge in [0.2, 0.25) is 11.0 Å². The zero-order chi connectivity index (χ0) is 18.5. The molecule has 2 aromatic heterocycles. The quantitative estimate of drug-likeness (QED) is 0.403. The van der Waals surface area contributed by atoms with Gasteiger partial charge in [-0.25, -0.2) is 4.39 Å². The monoisotopic (exact) mass is 356 g/mol. The number of anilines is 2. The fraction of sp³-hybridized carbons (Fsp3) is 0.0870.